The molecule has 1 aromatic heterocycles. The zero-order chi connectivity index (χ0) is 26.5. The Morgan fingerprint density at radius 3 is 2.36 bits per heavy atom. The fourth-order valence-corrected chi connectivity index (χ4v) is 4.63. The van der Waals surface area contributed by atoms with E-state index < -0.39 is 35.8 Å². The molecule has 1 saturated carbocycles. The topological polar surface area (TPSA) is 72.4 Å². The fourth-order valence-electron chi connectivity index (χ4n) is 4.63. The van der Waals surface area contributed by atoms with Crippen molar-refractivity contribution in [2.45, 2.75) is 76.3 Å². The Bertz CT molecular complexity index is 1270. The van der Waals surface area contributed by atoms with Gasteiger partial charge in [0.15, 0.2) is 0 Å². The van der Waals surface area contributed by atoms with Gasteiger partial charge in [0.05, 0.1) is 16.5 Å². The minimum atomic E-state index is -4.57. The first-order valence-corrected chi connectivity index (χ1v) is 11.8. The van der Waals surface area contributed by atoms with Crippen LogP contribution in [0.3, 0.4) is 0 Å². The quantitative estimate of drug-likeness (QED) is 0.556. The highest BCUT2D eigenvalue weighted by Crippen LogP contribution is 2.34. The molecule has 0 bridgehead atoms. The number of aromatic nitrogens is 1. The summed E-state index contributed by atoms with van der Waals surface area (Å²) >= 11 is 0. The molecule has 2 heterocycles. The third-order valence-electron chi connectivity index (χ3n) is 7.11. The van der Waals surface area contributed by atoms with Crippen LogP contribution in [0.15, 0.2) is 40.6 Å². The fraction of sp³-hybridized carbons (Fsp3) is 0.520. The maximum Gasteiger partial charge on any atom is 0.414 e. The number of allylic oxidation sites excluding steroid dienone is 4. The normalized spacial score (nSPS) is 20.3. The van der Waals surface area contributed by atoms with Gasteiger partial charge in [-0.05, 0) is 58.1 Å². The molecule has 0 aromatic carbocycles. The van der Waals surface area contributed by atoms with Crippen molar-refractivity contribution in [1.82, 2.24) is 9.88 Å². The second-order valence-corrected chi connectivity index (χ2v) is 9.94. The molecule has 0 atom stereocenters. The molecule has 1 amide bonds. The van der Waals surface area contributed by atoms with Gasteiger partial charge in [0.1, 0.15) is 11.0 Å². The van der Waals surface area contributed by atoms with Crippen LogP contribution in [-0.2, 0) is 6.42 Å². The number of nitrogens with zero attached hydrogens (tertiary/aromatic N) is 2. The Kier molecular flexibility index (Phi) is 6.74. The Labute approximate surface area is 204 Å². The number of alkyl halides is 6. The average molecular weight is 515 g/mol. The molecule has 3 aliphatic rings. The van der Waals surface area contributed by atoms with Crippen molar-refractivity contribution in [2.24, 2.45) is 10.7 Å². The molecule has 0 radical (unpaired) electrons. The Morgan fingerprint density at radius 2 is 1.86 bits per heavy atom. The molecule has 36 heavy (non-hydrogen) atoms. The summed E-state index contributed by atoms with van der Waals surface area (Å²) in [5, 5.41) is 3.01. The number of nitrogens with two attached hydrogens (primary N) is 1. The van der Waals surface area contributed by atoms with Crippen molar-refractivity contribution < 1.29 is 31.1 Å². The van der Waals surface area contributed by atoms with E-state index in [0.717, 1.165) is 44.9 Å². The van der Waals surface area contributed by atoms with Gasteiger partial charge in [0.25, 0.3) is 5.91 Å². The Hall–Kier alpha value is -2.82. The molecule has 1 fully saturated rings. The second-order valence-electron chi connectivity index (χ2n) is 9.94. The summed E-state index contributed by atoms with van der Waals surface area (Å²) in [4.78, 5) is 16.6. The van der Waals surface area contributed by atoms with E-state index in [1.165, 1.54) is 0 Å². The summed E-state index contributed by atoms with van der Waals surface area (Å²) < 4.78 is 81.2. The molecule has 196 valence electrons. The maximum absolute atomic E-state index is 13.4. The predicted octanol–water partition coefficient (Wildman–Crippen LogP) is 4.29. The van der Waals surface area contributed by atoms with Gasteiger partial charge >= 0.3 is 12.4 Å². The number of nitrogens with one attached hydrogen (secondary N) is 1. The van der Waals surface area contributed by atoms with Crippen molar-refractivity contribution in [3.8, 4) is 0 Å². The molecular weight excluding hydrogens is 486 g/mol. The lowest BCUT2D eigenvalue weighted by Crippen LogP contribution is -2.52. The number of rotatable bonds is 6. The summed E-state index contributed by atoms with van der Waals surface area (Å²) in [5.41, 5.74) is 4.95. The van der Waals surface area contributed by atoms with Gasteiger partial charge < -0.3 is 15.6 Å². The molecule has 4 rings (SSSR count). The van der Waals surface area contributed by atoms with Crippen LogP contribution in [0.4, 0.5) is 26.3 Å². The van der Waals surface area contributed by atoms with Crippen LogP contribution in [0.2, 0.25) is 0 Å². The van der Waals surface area contributed by atoms with E-state index in [4.69, 9.17) is 5.73 Å². The highest BCUT2D eigenvalue weighted by atomic mass is 19.4. The monoisotopic (exact) mass is 514 g/mol. The number of hydrogen-bond acceptors (Lipinski definition) is 3. The van der Waals surface area contributed by atoms with Crippen LogP contribution in [0.5, 0.6) is 0 Å². The largest absolute Gasteiger partial charge is 0.414 e. The van der Waals surface area contributed by atoms with Gasteiger partial charge in [-0.25, -0.2) is 4.99 Å². The molecule has 0 unspecified atom stereocenters. The summed E-state index contributed by atoms with van der Waals surface area (Å²) in [6.07, 6.45) is 0.0975. The Balaban J connectivity index is 1.68. The van der Waals surface area contributed by atoms with Crippen LogP contribution >= 0.6 is 0 Å². The summed E-state index contributed by atoms with van der Waals surface area (Å²) in [7, 11) is 0. The molecule has 0 spiro atoms. The van der Waals surface area contributed by atoms with Crippen molar-refractivity contribution in [3.63, 3.8) is 0 Å². The molecule has 1 aromatic rings. The number of halogens is 6. The Morgan fingerprint density at radius 1 is 1.17 bits per heavy atom. The van der Waals surface area contributed by atoms with Crippen LogP contribution in [-0.4, -0.2) is 34.9 Å². The third kappa shape index (κ3) is 4.89. The van der Waals surface area contributed by atoms with Crippen molar-refractivity contribution in [1.29, 1.82) is 0 Å². The molecule has 0 saturated heterocycles. The molecule has 5 nitrogen and oxygen atoms in total. The smallest absolute Gasteiger partial charge is 0.366 e. The van der Waals surface area contributed by atoms with E-state index in [1.807, 2.05) is 10.6 Å². The van der Waals surface area contributed by atoms with E-state index in [9.17, 15) is 31.1 Å². The van der Waals surface area contributed by atoms with E-state index in [-0.39, 0.29) is 23.7 Å². The van der Waals surface area contributed by atoms with Gasteiger partial charge in [-0.2, -0.15) is 26.3 Å². The molecule has 1 aliphatic heterocycles. The SMILES string of the molecule is CC(C)(NCCC1=CCC(=c2c(C(N)=O)c3c(n2C2CCC2)=NC=C(C(F)(F)F)C3)C=C1)C(F)(F)F. The number of amides is 1. The average Bonchev–Trinajstić information content (AvgIpc) is 3.06. The number of carbonyl (C=O) groups excluding carboxylic acids is 1. The third-order valence-corrected chi connectivity index (χ3v) is 7.11. The van der Waals surface area contributed by atoms with E-state index >= 15 is 0 Å². The van der Waals surface area contributed by atoms with Gasteiger partial charge in [-0.1, -0.05) is 23.8 Å². The van der Waals surface area contributed by atoms with E-state index in [2.05, 4.69) is 10.3 Å². The lowest BCUT2D eigenvalue weighted by atomic mass is 9.92. The van der Waals surface area contributed by atoms with Crippen LogP contribution in [0, 0.1) is 0 Å². The van der Waals surface area contributed by atoms with E-state index in [1.54, 1.807) is 12.2 Å². The molecule has 3 N–H and O–H groups in total. The van der Waals surface area contributed by atoms with Crippen molar-refractivity contribution >= 4 is 11.5 Å². The van der Waals surface area contributed by atoms with E-state index in [0.29, 0.717) is 29.3 Å². The standard InChI is InChI=1S/C25H28F6N4O/c1-23(2,25(29,30)31)34-11-10-14-6-8-15(9-7-14)20-19(21(32)36)18-12-16(24(26,27)28)13-33-22(18)35(20)17-4-3-5-17/h6-8,13,17,34H,3-5,9-12H2,1-2H3,(H2,32,36). The molecule has 2 aliphatic carbocycles. The first kappa shape index (κ1) is 26.2. The number of primary amides is 1. The molecule has 11 heteroatoms. The number of fused-ring (bicyclic) bond motifs is 1. The van der Waals surface area contributed by atoms with Crippen LogP contribution in [0.25, 0.3) is 5.57 Å². The van der Waals surface area contributed by atoms with Gasteiger partial charge in [0.2, 0.25) is 0 Å². The van der Waals surface area contributed by atoms with Gasteiger partial charge in [-0.15, -0.1) is 0 Å². The zero-order valence-corrected chi connectivity index (χ0v) is 20.0. The second kappa shape index (κ2) is 9.24. The lowest BCUT2D eigenvalue weighted by Gasteiger charge is -2.29. The predicted molar refractivity (Wildman–Crippen MR) is 122 cm³/mol. The van der Waals surface area contributed by atoms with Gasteiger partial charge in [0, 0.05) is 24.2 Å². The number of hydrogen-bond donors (Lipinski definition) is 2. The highest BCUT2D eigenvalue weighted by molar-refractivity contribution is 5.95. The van der Waals surface area contributed by atoms with Crippen molar-refractivity contribution in [3.05, 3.63) is 57.5 Å². The zero-order valence-electron chi connectivity index (χ0n) is 20.0. The van der Waals surface area contributed by atoms with Crippen molar-refractivity contribution in [2.75, 3.05) is 6.54 Å². The first-order valence-electron chi connectivity index (χ1n) is 11.8. The summed E-state index contributed by atoms with van der Waals surface area (Å²) in [6.45, 7) is 2.27. The van der Waals surface area contributed by atoms with Crippen LogP contribution < -0.4 is 21.9 Å². The minimum absolute atomic E-state index is 0.00603. The highest BCUT2D eigenvalue weighted by Gasteiger charge is 2.46. The number of carbonyl (C=O) groups is 1. The maximum atomic E-state index is 13.4. The summed E-state index contributed by atoms with van der Waals surface area (Å²) in [5.74, 6) is -0.813. The van der Waals surface area contributed by atoms with Gasteiger partial charge in [-0.3, -0.25) is 4.79 Å². The van der Waals surface area contributed by atoms with Crippen LogP contribution in [0.1, 0.15) is 67.9 Å². The minimum Gasteiger partial charge on any atom is -0.366 e. The first-order chi connectivity index (χ1) is 16.7. The lowest BCUT2D eigenvalue weighted by molar-refractivity contribution is -0.185. The summed E-state index contributed by atoms with van der Waals surface area (Å²) in [6, 6.07) is 0.00603. The molecular formula is C25H28F6N4O.